The SMILES string of the molecule is c1cc(-c2nc(-c3ccccc3-c3ccc4ccccc4c3)nc(-c3cccc4c3sc3ccc(-c5ccc6ccc(-c7ccc(-c8nc(-c9ccccc9-c9ccc%10ccccc%10c9)nc(-c9cccc%10c9sc9ccccc9%10)n8)cc7)cc6c5)cc34)n2)cc(-c2cc3ccccc3c3ccccc23)c1. The third-order valence-electron chi connectivity index (χ3n) is 21.0. The molecule has 0 aliphatic carbocycles. The Morgan fingerprint density at radius 3 is 1.14 bits per heavy atom. The highest BCUT2D eigenvalue weighted by Crippen LogP contribution is 2.46. The van der Waals surface area contributed by atoms with Gasteiger partial charge in [-0.05, 0) is 176 Å². The molecule has 0 aliphatic rings. The molecule has 492 valence electrons. The van der Waals surface area contributed by atoms with Crippen LogP contribution in [0.5, 0.6) is 0 Å². The Labute approximate surface area is 618 Å². The fourth-order valence-corrected chi connectivity index (χ4v) is 18.1. The minimum atomic E-state index is 0.605. The van der Waals surface area contributed by atoms with Gasteiger partial charge in [0, 0.05) is 73.7 Å². The number of aromatic nitrogens is 6. The van der Waals surface area contributed by atoms with Gasteiger partial charge in [-0.25, -0.2) is 29.9 Å². The lowest BCUT2D eigenvalue weighted by Gasteiger charge is -2.14. The normalized spacial score (nSPS) is 11.8. The van der Waals surface area contributed by atoms with Crippen LogP contribution in [0.2, 0.25) is 0 Å². The van der Waals surface area contributed by atoms with Gasteiger partial charge in [-0.15, -0.1) is 22.7 Å². The highest BCUT2D eigenvalue weighted by atomic mass is 32.1. The van der Waals surface area contributed by atoms with Gasteiger partial charge >= 0.3 is 0 Å². The van der Waals surface area contributed by atoms with Crippen molar-refractivity contribution in [1.82, 2.24) is 29.9 Å². The van der Waals surface area contributed by atoms with Crippen LogP contribution in [0.25, 0.3) is 218 Å². The highest BCUT2D eigenvalue weighted by Gasteiger charge is 2.23. The Morgan fingerprint density at radius 2 is 0.519 bits per heavy atom. The summed E-state index contributed by atoms with van der Waals surface area (Å²) in [6, 6.07) is 127. The number of nitrogens with zero attached hydrogens (tertiary/aromatic N) is 6. The molecule has 21 aromatic rings. The van der Waals surface area contributed by atoms with Crippen molar-refractivity contribution >= 4 is 117 Å². The molecule has 0 saturated heterocycles. The van der Waals surface area contributed by atoms with Gasteiger partial charge < -0.3 is 0 Å². The van der Waals surface area contributed by atoms with Crippen molar-refractivity contribution in [2.45, 2.75) is 0 Å². The van der Waals surface area contributed by atoms with Crippen molar-refractivity contribution < 1.29 is 0 Å². The molecule has 0 amide bonds. The Morgan fingerprint density at radius 1 is 0.151 bits per heavy atom. The van der Waals surface area contributed by atoms with E-state index in [1.54, 1.807) is 22.7 Å². The highest BCUT2D eigenvalue weighted by molar-refractivity contribution is 7.26. The Kier molecular flexibility index (Phi) is 14.5. The first-order chi connectivity index (χ1) is 52.5. The molecular formula is C98H58N6S2. The van der Waals surface area contributed by atoms with E-state index < -0.39 is 0 Å². The summed E-state index contributed by atoms with van der Waals surface area (Å²) in [6.07, 6.45) is 0. The summed E-state index contributed by atoms with van der Waals surface area (Å²) in [5, 5.41) is 16.7. The molecule has 8 heteroatoms. The Bertz CT molecular complexity index is 7170. The zero-order valence-corrected chi connectivity index (χ0v) is 58.6. The summed E-state index contributed by atoms with van der Waals surface area (Å²) in [5.74, 6) is 3.70. The maximum Gasteiger partial charge on any atom is 0.165 e. The average molecular weight is 1380 g/mol. The smallest absolute Gasteiger partial charge is 0.165 e. The molecular weight excluding hydrogens is 1330 g/mol. The summed E-state index contributed by atoms with van der Waals surface area (Å²) in [7, 11) is 0. The van der Waals surface area contributed by atoms with E-state index in [2.05, 4.69) is 352 Å². The average Bonchev–Trinajstić information content (AvgIpc) is 1.48. The number of benzene rings is 17. The first-order valence-electron chi connectivity index (χ1n) is 35.7. The van der Waals surface area contributed by atoms with E-state index in [0.29, 0.717) is 34.9 Å². The molecule has 0 bridgehead atoms. The van der Waals surface area contributed by atoms with Gasteiger partial charge in [-0.1, -0.05) is 285 Å². The molecule has 0 spiro atoms. The molecule has 0 atom stereocenters. The van der Waals surface area contributed by atoms with Gasteiger partial charge in [-0.3, -0.25) is 0 Å². The second-order valence-corrected chi connectivity index (χ2v) is 29.3. The molecule has 0 unspecified atom stereocenters. The lowest BCUT2D eigenvalue weighted by molar-refractivity contribution is 1.08. The summed E-state index contributed by atoms with van der Waals surface area (Å²) in [5.41, 5.74) is 16.7. The number of rotatable bonds is 11. The van der Waals surface area contributed by atoms with Crippen LogP contribution in [-0.4, -0.2) is 29.9 Å². The lowest BCUT2D eigenvalue weighted by atomic mass is 9.92. The summed E-state index contributed by atoms with van der Waals surface area (Å²) in [6.45, 7) is 0. The van der Waals surface area contributed by atoms with Crippen LogP contribution in [0.3, 0.4) is 0 Å². The third-order valence-corrected chi connectivity index (χ3v) is 23.4. The molecule has 4 heterocycles. The minimum Gasteiger partial charge on any atom is -0.208 e. The van der Waals surface area contributed by atoms with E-state index in [1.807, 2.05) is 0 Å². The van der Waals surface area contributed by atoms with Crippen molar-refractivity contribution in [2.75, 3.05) is 0 Å². The van der Waals surface area contributed by atoms with E-state index >= 15 is 0 Å². The third kappa shape index (κ3) is 10.7. The molecule has 0 saturated carbocycles. The van der Waals surface area contributed by atoms with Crippen molar-refractivity contribution in [3.63, 3.8) is 0 Å². The van der Waals surface area contributed by atoms with Gasteiger partial charge in [0.15, 0.2) is 34.9 Å². The van der Waals surface area contributed by atoms with E-state index in [1.165, 1.54) is 74.0 Å². The van der Waals surface area contributed by atoms with Gasteiger partial charge in [-0.2, -0.15) is 0 Å². The van der Waals surface area contributed by atoms with Gasteiger partial charge in [0.25, 0.3) is 0 Å². The van der Waals surface area contributed by atoms with E-state index in [-0.39, 0.29) is 0 Å². The minimum absolute atomic E-state index is 0.605. The summed E-state index contributed by atoms with van der Waals surface area (Å²) < 4.78 is 4.69. The predicted molar refractivity (Wildman–Crippen MR) is 446 cm³/mol. The molecule has 0 N–H and O–H groups in total. The molecule has 0 radical (unpaired) electrons. The maximum atomic E-state index is 5.50. The summed E-state index contributed by atoms with van der Waals surface area (Å²) in [4.78, 5) is 32.5. The largest absolute Gasteiger partial charge is 0.208 e. The van der Waals surface area contributed by atoms with Gasteiger partial charge in [0.05, 0.1) is 0 Å². The molecule has 6 nitrogen and oxygen atoms in total. The van der Waals surface area contributed by atoms with Gasteiger partial charge in [0.1, 0.15) is 0 Å². The van der Waals surface area contributed by atoms with Crippen molar-refractivity contribution in [3.8, 4) is 124 Å². The Balaban J connectivity index is 0.636. The fourth-order valence-electron chi connectivity index (χ4n) is 15.7. The zero-order chi connectivity index (χ0) is 69.8. The number of fused-ring (bicyclic) bond motifs is 12. The van der Waals surface area contributed by atoms with Crippen LogP contribution < -0.4 is 0 Å². The van der Waals surface area contributed by atoms with Crippen LogP contribution in [0.15, 0.2) is 352 Å². The standard InChI is InChI=1S/C98H58N6S2/c1-3-20-64-52-71(48-42-59(64)18-1)76-26-7-11-31-83(76)95-99-93(100-97(103-95)85-35-16-33-81-80-30-13-14-37-89(80)105-91(81)85)63-44-38-61(39-45-63)66-46-40-62-41-47-67(55-74(62)54-66)68-50-51-90-88(57-68)82-34-17-36-86(92(82)106-90)98-102-94(101-96(104-98)84-32-12-8-27-77(84)72-49-43-60-19-2-4-21-65(60)53-72)73-24-15-23-69(56-73)87-58-70-22-5-6-25-75(70)78-28-9-10-29-79(78)87/h1-58H. The van der Waals surface area contributed by atoms with Crippen LogP contribution in [0.1, 0.15) is 0 Å². The second-order valence-electron chi connectivity index (χ2n) is 27.2. The van der Waals surface area contributed by atoms with Crippen LogP contribution in [0.4, 0.5) is 0 Å². The van der Waals surface area contributed by atoms with Crippen LogP contribution in [0, 0.1) is 0 Å². The zero-order valence-electron chi connectivity index (χ0n) is 57.0. The molecule has 21 rings (SSSR count). The molecule has 106 heavy (non-hydrogen) atoms. The first-order valence-corrected chi connectivity index (χ1v) is 37.3. The number of hydrogen-bond donors (Lipinski definition) is 0. The topological polar surface area (TPSA) is 77.3 Å². The summed E-state index contributed by atoms with van der Waals surface area (Å²) >= 11 is 3.56. The lowest BCUT2D eigenvalue weighted by Crippen LogP contribution is -2.01. The molecule has 4 aromatic heterocycles. The van der Waals surface area contributed by atoms with Gasteiger partial charge in [0.2, 0.25) is 0 Å². The molecule has 0 fully saturated rings. The van der Waals surface area contributed by atoms with E-state index in [9.17, 15) is 0 Å². The fraction of sp³-hybridized carbons (Fsp3) is 0. The first kappa shape index (κ1) is 61.2. The van der Waals surface area contributed by atoms with E-state index in [4.69, 9.17) is 29.9 Å². The molecule has 0 aliphatic heterocycles. The van der Waals surface area contributed by atoms with E-state index in [0.717, 1.165) is 109 Å². The van der Waals surface area contributed by atoms with Crippen molar-refractivity contribution in [3.05, 3.63) is 352 Å². The van der Waals surface area contributed by atoms with Crippen molar-refractivity contribution in [2.24, 2.45) is 0 Å². The predicted octanol–water partition coefficient (Wildman–Crippen LogP) is 26.9. The van der Waals surface area contributed by atoms with Crippen LogP contribution in [-0.2, 0) is 0 Å². The van der Waals surface area contributed by atoms with Crippen molar-refractivity contribution in [1.29, 1.82) is 0 Å². The second kappa shape index (κ2) is 25.2. The Hall–Kier alpha value is -13.5. The monoisotopic (exact) mass is 1380 g/mol. The van der Waals surface area contributed by atoms with Crippen LogP contribution >= 0.6 is 22.7 Å². The number of thiophene rings is 2. The number of hydrogen-bond acceptors (Lipinski definition) is 8. The maximum absolute atomic E-state index is 5.50. The molecule has 17 aromatic carbocycles. The quantitative estimate of drug-likeness (QED) is 0.120.